The maximum Gasteiger partial charge on any atom is 0.126 e. The fraction of sp³-hybridized carbons (Fsp3) is 0.244. The van der Waals surface area contributed by atoms with Gasteiger partial charge in [0.05, 0.1) is 0 Å². The van der Waals surface area contributed by atoms with Crippen LogP contribution in [-0.4, -0.2) is 25.5 Å². The van der Waals surface area contributed by atoms with Crippen molar-refractivity contribution >= 4 is 12.2 Å². The van der Waals surface area contributed by atoms with Gasteiger partial charge in [0.15, 0.2) is 0 Å². The Labute approximate surface area is 295 Å². The first-order chi connectivity index (χ1) is 24.1. The first kappa shape index (κ1) is 34.4. The van der Waals surface area contributed by atoms with Crippen molar-refractivity contribution in [3.8, 4) is 28.7 Å². The van der Waals surface area contributed by atoms with E-state index in [0.717, 1.165) is 81.3 Å². The molecule has 5 aromatic rings. The van der Waals surface area contributed by atoms with Crippen LogP contribution in [0.15, 0.2) is 92.0 Å². The molecule has 1 aliphatic carbocycles. The summed E-state index contributed by atoms with van der Waals surface area (Å²) >= 11 is 0. The monoisotopic (exact) mass is 666 g/mol. The van der Waals surface area contributed by atoms with Gasteiger partial charge in [-0.1, -0.05) is 87.0 Å². The average Bonchev–Trinajstić information content (AvgIpc) is 3.12. The van der Waals surface area contributed by atoms with E-state index >= 15 is 0 Å². The van der Waals surface area contributed by atoms with Gasteiger partial charge in [0, 0.05) is 36.0 Å². The van der Waals surface area contributed by atoms with Gasteiger partial charge < -0.3 is 25.5 Å². The van der Waals surface area contributed by atoms with Crippen molar-refractivity contribution in [3.63, 3.8) is 0 Å². The van der Waals surface area contributed by atoms with E-state index < -0.39 is 0 Å². The van der Waals surface area contributed by atoms with Crippen molar-refractivity contribution in [1.82, 2.24) is 0 Å². The molecule has 0 heterocycles. The van der Waals surface area contributed by atoms with E-state index in [1.807, 2.05) is 48.5 Å². The summed E-state index contributed by atoms with van der Waals surface area (Å²) in [5.74, 6) is 1.42. The van der Waals surface area contributed by atoms with E-state index in [4.69, 9.17) is 0 Å². The highest BCUT2D eigenvalue weighted by molar-refractivity contribution is 5.63. The molecule has 6 rings (SSSR count). The van der Waals surface area contributed by atoms with Crippen LogP contribution in [0.2, 0.25) is 0 Å². The Kier molecular flexibility index (Phi) is 10.3. The van der Waals surface area contributed by atoms with Gasteiger partial charge in [0.2, 0.25) is 0 Å². The van der Waals surface area contributed by atoms with Gasteiger partial charge in [0.25, 0.3) is 0 Å². The lowest BCUT2D eigenvalue weighted by Crippen LogP contribution is -2.09. The third kappa shape index (κ3) is 7.58. The van der Waals surface area contributed by atoms with E-state index in [0.29, 0.717) is 42.6 Å². The quantitative estimate of drug-likeness (QED) is 0.0966. The molecule has 0 atom stereocenters. The Morgan fingerprint density at radius 1 is 0.540 bits per heavy atom. The van der Waals surface area contributed by atoms with Crippen molar-refractivity contribution in [2.45, 2.75) is 70.6 Å². The highest BCUT2D eigenvalue weighted by atomic mass is 16.3. The first-order valence-corrected chi connectivity index (χ1v) is 17.5. The normalized spacial score (nSPS) is 13.3. The van der Waals surface area contributed by atoms with Crippen LogP contribution < -0.4 is 0 Å². The second-order valence-corrected chi connectivity index (χ2v) is 13.7. The molecule has 1 saturated carbocycles. The Morgan fingerprint density at radius 2 is 1.00 bits per heavy atom. The van der Waals surface area contributed by atoms with Crippen LogP contribution in [0.3, 0.4) is 0 Å². The summed E-state index contributed by atoms with van der Waals surface area (Å²) in [6, 6.07) is 24.2. The predicted octanol–water partition coefficient (Wildman–Crippen LogP) is 10.2. The van der Waals surface area contributed by atoms with Gasteiger partial charge in [-0.2, -0.15) is 0 Å². The lowest BCUT2D eigenvalue weighted by atomic mass is 9.79. The van der Waals surface area contributed by atoms with E-state index in [-0.39, 0.29) is 28.9 Å². The zero-order valence-corrected chi connectivity index (χ0v) is 28.8. The molecule has 0 radical (unpaired) electrons. The Bertz CT molecular complexity index is 2020. The highest BCUT2D eigenvalue weighted by Crippen LogP contribution is 2.43. The SMILES string of the molecule is C=Cc1cc(Cc2cc(C3CCCCC3)c(O)c(Cc3cc(C=C)c(O)c(Cc4ccc(O)cc4)c3)c2C)cc(Cc2ccc(O)cc2)c1O. The molecule has 1 fully saturated rings. The molecule has 0 unspecified atom stereocenters. The summed E-state index contributed by atoms with van der Waals surface area (Å²) in [5.41, 5.74) is 10.8. The molecule has 0 saturated heterocycles. The number of phenols is 5. The molecule has 1 aliphatic rings. The molecule has 5 N–H and O–H groups in total. The zero-order chi connectivity index (χ0) is 35.4. The van der Waals surface area contributed by atoms with Gasteiger partial charge in [-0.15, -0.1) is 0 Å². The van der Waals surface area contributed by atoms with Crippen LogP contribution in [0.25, 0.3) is 12.2 Å². The molecule has 256 valence electrons. The van der Waals surface area contributed by atoms with Crippen molar-refractivity contribution < 1.29 is 25.5 Å². The van der Waals surface area contributed by atoms with Gasteiger partial charge in [-0.05, 0) is 119 Å². The van der Waals surface area contributed by atoms with Crippen molar-refractivity contribution in [1.29, 1.82) is 0 Å². The van der Waals surface area contributed by atoms with Crippen LogP contribution in [0.5, 0.6) is 28.7 Å². The Morgan fingerprint density at radius 3 is 1.48 bits per heavy atom. The summed E-state index contributed by atoms with van der Waals surface area (Å²) in [6.45, 7) is 9.99. The number of benzene rings is 5. The van der Waals surface area contributed by atoms with Crippen LogP contribution in [0.4, 0.5) is 0 Å². The highest BCUT2D eigenvalue weighted by Gasteiger charge is 2.24. The van der Waals surface area contributed by atoms with Crippen molar-refractivity contribution in [2.24, 2.45) is 0 Å². The molecule has 0 aliphatic heterocycles. The number of phenolic OH excluding ortho intramolecular Hbond substituents is 5. The lowest BCUT2D eigenvalue weighted by Gasteiger charge is -2.26. The van der Waals surface area contributed by atoms with Crippen LogP contribution >= 0.6 is 0 Å². The summed E-state index contributed by atoms with van der Waals surface area (Å²) in [5, 5.41) is 53.7. The zero-order valence-electron chi connectivity index (χ0n) is 28.8. The minimum absolute atomic E-state index is 0.183. The maximum absolute atomic E-state index is 12.0. The topological polar surface area (TPSA) is 101 Å². The molecule has 0 aromatic heterocycles. The number of hydrogen-bond donors (Lipinski definition) is 5. The number of rotatable bonds is 11. The van der Waals surface area contributed by atoms with E-state index in [1.54, 1.807) is 36.4 Å². The third-order valence-electron chi connectivity index (χ3n) is 10.3. The standard InChI is InChI=1S/C45H46O5/c1-4-33-21-31(24-37(43(33)48)19-29-11-15-39(46)16-12-29)23-36-27-42(35-9-7-6-8-10-35)45(50)41(28(36)3)26-32-22-34(5-2)44(49)38(25-32)20-30-13-17-40(47)18-14-30/h4-5,11-18,21-22,24-25,27,35,46-50H,1-2,6-10,19-20,23,26H2,3H3. The fourth-order valence-corrected chi connectivity index (χ4v) is 7.49. The van der Waals surface area contributed by atoms with Gasteiger partial charge >= 0.3 is 0 Å². The summed E-state index contributed by atoms with van der Waals surface area (Å²) in [6.07, 6.45) is 11.0. The first-order valence-electron chi connectivity index (χ1n) is 17.5. The number of hydrogen-bond acceptors (Lipinski definition) is 5. The van der Waals surface area contributed by atoms with Crippen molar-refractivity contribution in [3.05, 3.63) is 159 Å². The molecule has 5 aromatic carbocycles. The fourth-order valence-electron chi connectivity index (χ4n) is 7.49. The summed E-state index contributed by atoms with van der Waals surface area (Å²) in [7, 11) is 0. The van der Waals surface area contributed by atoms with Crippen LogP contribution in [0, 0.1) is 6.92 Å². The second kappa shape index (κ2) is 15.0. The average molecular weight is 667 g/mol. The summed E-state index contributed by atoms with van der Waals surface area (Å²) in [4.78, 5) is 0. The maximum atomic E-state index is 12.0. The summed E-state index contributed by atoms with van der Waals surface area (Å²) < 4.78 is 0. The predicted molar refractivity (Wildman–Crippen MR) is 203 cm³/mol. The van der Waals surface area contributed by atoms with Crippen LogP contribution in [-0.2, 0) is 25.7 Å². The Balaban J connectivity index is 1.41. The van der Waals surface area contributed by atoms with E-state index in [2.05, 4.69) is 26.1 Å². The molecule has 0 spiro atoms. The third-order valence-corrected chi connectivity index (χ3v) is 10.3. The minimum atomic E-state index is 0.183. The second-order valence-electron chi connectivity index (χ2n) is 13.7. The Hall–Kier alpha value is -5.42. The molecule has 0 bridgehead atoms. The van der Waals surface area contributed by atoms with E-state index in [9.17, 15) is 25.5 Å². The molecule has 5 nitrogen and oxygen atoms in total. The largest absolute Gasteiger partial charge is 0.508 e. The minimum Gasteiger partial charge on any atom is -0.508 e. The molecule has 0 amide bonds. The lowest BCUT2D eigenvalue weighted by molar-refractivity contribution is 0.411. The van der Waals surface area contributed by atoms with Gasteiger partial charge in [-0.25, -0.2) is 0 Å². The van der Waals surface area contributed by atoms with Crippen LogP contribution in [0.1, 0.15) is 105 Å². The van der Waals surface area contributed by atoms with Gasteiger partial charge in [-0.3, -0.25) is 0 Å². The van der Waals surface area contributed by atoms with E-state index in [1.165, 1.54) is 6.42 Å². The molecule has 50 heavy (non-hydrogen) atoms. The molecule has 5 heteroatoms. The smallest absolute Gasteiger partial charge is 0.126 e. The van der Waals surface area contributed by atoms with Crippen molar-refractivity contribution in [2.75, 3.05) is 0 Å². The molecular formula is C45H46O5. The number of aromatic hydroxyl groups is 5. The molecular weight excluding hydrogens is 620 g/mol. The van der Waals surface area contributed by atoms with Gasteiger partial charge in [0.1, 0.15) is 28.7 Å².